The summed E-state index contributed by atoms with van der Waals surface area (Å²) in [6.45, 7) is 0. The average molecular weight is 351 g/mol. The summed E-state index contributed by atoms with van der Waals surface area (Å²) >= 11 is 0. The molecule has 0 aliphatic heterocycles. The summed E-state index contributed by atoms with van der Waals surface area (Å²) in [5.74, 6) is -0.926. The molecule has 8 heteroatoms. The Kier molecular flexibility index (Phi) is 5.33. The highest BCUT2D eigenvalue weighted by atomic mass is 16.5. The number of hydrogen-bond acceptors (Lipinski definition) is 6. The number of ether oxygens (including phenoxy) is 1. The number of benzene rings is 2. The molecule has 1 atom stereocenters. The Labute approximate surface area is 149 Å². The van der Waals surface area contributed by atoms with Crippen LogP contribution in [0.2, 0.25) is 0 Å². The number of para-hydroxylation sites is 1. The zero-order chi connectivity index (χ0) is 18.4. The first-order chi connectivity index (χ1) is 12.7. The maximum Gasteiger partial charge on any atom is 0.328 e. The van der Waals surface area contributed by atoms with E-state index in [4.69, 9.17) is 4.74 Å². The van der Waals surface area contributed by atoms with E-state index in [-0.39, 0.29) is 0 Å². The number of rotatable bonds is 6. The van der Waals surface area contributed by atoms with Gasteiger partial charge in [-0.1, -0.05) is 42.5 Å². The van der Waals surface area contributed by atoms with Gasteiger partial charge in [0, 0.05) is 6.42 Å². The maximum atomic E-state index is 12.8. The molecule has 0 spiro atoms. The van der Waals surface area contributed by atoms with Gasteiger partial charge in [0.25, 0.3) is 5.91 Å². The van der Waals surface area contributed by atoms with E-state index in [1.807, 2.05) is 30.3 Å². The molecule has 26 heavy (non-hydrogen) atoms. The van der Waals surface area contributed by atoms with Crippen molar-refractivity contribution < 1.29 is 14.3 Å². The Bertz CT molecular complexity index is 881. The van der Waals surface area contributed by atoms with Gasteiger partial charge < -0.3 is 10.1 Å². The molecule has 3 aromatic rings. The number of carbonyl (C=O) groups is 2. The van der Waals surface area contributed by atoms with Crippen molar-refractivity contribution in [3.8, 4) is 5.69 Å². The van der Waals surface area contributed by atoms with Crippen LogP contribution in [0.25, 0.3) is 5.69 Å². The fourth-order valence-corrected chi connectivity index (χ4v) is 2.56. The molecule has 0 bridgehead atoms. The number of hydrogen-bond donors (Lipinski definition) is 1. The van der Waals surface area contributed by atoms with Crippen molar-refractivity contribution in [3.05, 3.63) is 72.1 Å². The summed E-state index contributed by atoms with van der Waals surface area (Å²) in [6.07, 6.45) is 1.72. The molecule has 132 valence electrons. The van der Waals surface area contributed by atoms with Crippen LogP contribution in [0.4, 0.5) is 0 Å². The van der Waals surface area contributed by atoms with Crippen molar-refractivity contribution in [1.29, 1.82) is 0 Å². The summed E-state index contributed by atoms with van der Waals surface area (Å²) < 4.78 is 6.22. The predicted molar refractivity (Wildman–Crippen MR) is 92.6 cm³/mol. The molecule has 0 saturated heterocycles. The quantitative estimate of drug-likeness (QED) is 0.670. The van der Waals surface area contributed by atoms with Crippen LogP contribution in [0.1, 0.15) is 15.9 Å². The number of esters is 1. The fraction of sp³-hybridized carbons (Fsp3) is 0.167. The van der Waals surface area contributed by atoms with E-state index in [0.29, 0.717) is 17.7 Å². The minimum Gasteiger partial charge on any atom is -0.467 e. The molecule has 0 fully saturated rings. The number of methoxy groups -OCH3 is 1. The zero-order valence-electron chi connectivity index (χ0n) is 14.1. The smallest absolute Gasteiger partial charge is 0.328 e. The molecule has 1 heterocycles. The third kappa shape index (κ3) is 3.92. The maximum absolute atomic E-state index is 12.8. The lowest BCUT2D eigenvalue weighted by molar-refractivity contribution is -0.142. The van der Waals surface area contributed by atoms with Crippen LogP contribution in [0.5, 0.6) is 0 Å². The van der Waals surface area contributed by atoms with E-state index in [1.165, 1.54) is 18.1 Å². The van der Waals surface area contributed by atoms with E-state index >= 15 is 0 Å². The molecule has 2 aromatic carbocycles. The molecule has 8 nitrogen and oxygen atoms in total. The van der Waals surface area contributed by atoms with Gasteiger partial charge in [-0.05, 0) is 28.1 Å². The van der Waals surface area contributed by atoms with Gasteiger partial charge in [0.1, 0.15) is 12.4 Å². The lowest BCUT2D eigenvalue weighted by Gasteiger charge is -2.17. The minimum absolute atomic E-state index is 0.326. The molecule has 1 aromatic heterocycles. The SMILES string of the molecule is COC(=O)C(Cc1ccccc1)NC(=O)c1ccccc1-n1cnnn1. The third-order valence-electron chi connectivity index (χ3n) is 3.82. The molecule has 1 N–H and O–H groups in total. The van der Waals surface area contributed by atoms with E-state index in [2.05, 4.69) is 20.8 Å². The first-order valence-corrected chi connectivity index (χ1v) is 7.94. The normalized spacial score (nSPS) is 11.6. The Hall–Kier alpha value is -3.55. The van der Waals surface area contributed by atoms with Crippen molar-refractivity contribution in [1.82, 2.24) is 25.5 Å². The highest BCUT2D eigenvalue weighted by Crippen LogP contribution is 2.13. The summed E-state index contributed by atoms with van der Waals surface area (Å²) in [5, 5.41) is 13.7. The number of amides is 1. The average Bonchev–Trinajstić information content (AvgIpc) is 3.22. The molecular formula is C18H17N5O3. The molecular weight excluding hydrogens is 334 g/mol. The molecule has 0 saturated carbocycles. The molecule has 0 aliphatic carbocycles. The van der Waals surface area contributed by atoms with Gasteiger partial charge in [-0.15, -0.1) is 5.10 Å². The van der Waals surface area contributed by atoms with Crippen LogP contribution in [-0.2, 0) is 16.0 Å². The number of nitrogens with zero attached hydrogens (tertiary/aromatic N) is 4. The van der Waals surface area contributed by atoms with Crippen LogP contribution in [-0.4, -0.2) is 45.2 Å². The molecule has 1 amide bonds. The second-order valence-corrected chi connectivity index (χ2v) is 5.51. The first-order valence-electron chi connectivity index (χ1n) is 7.94. The van der Waals surface area contributed by atoms with Crippen LogP contribution < -0.4 is 5.32 Å². The molecule has 0 aliphatic rings. The van der Waals surface area contributed by atoms with E-state index in [1.54, 1.807) is 24.3 Å². The fourth-order valence-electron chi connectivity index (χ4n) is 2.56. The predicted octanol–water partition coefficient (Wildman–Crippen LogP) is 1.18. The number of carbonyl (C=O) groups excluding carboxylic acids is 2. The van der Waals surface area contributed by atoms with Gasteiger partial charge in [0.2, 0.25) is 0 Å². The second-order valence-electron chi connectivity index (χ2n) is 5.51. The van der Waals surface area contributed by atoms with Crippen LogP contribution in [0.15, 0.2) is 60.9 Å². The van der Waals surface area contributed by atoms with Crippen molar-refractivity contribution in [2.24, 2.45) is 0 Å². The summed E-state index contributed by atoms with van der Waals surface area (Å²) in [4.78, 5) is 24.9. The minimum atomic E-state index is -0.808. The third-order valence-corrected chi connectivity index (χ3v) is 3.82. The van der Waals surface area contributed by atoms with Gasteiger partial charge in [-0.2, -0.15) is 4.68 Å². The standard InChI is InChI=1S/C18H17N5O3/c1-26-18(25)15(11-13-7-3-2-4-8-13)20-17(24)14-9-5-6-10-16(14)23-12-19-21-22-23/h2-10,12,15H,11H2,1H3,(H,20,24). The molecule has 1 unspecified atom stereocenters. The van der Waals surface area contributed by atoms with Crippen molar-refractivity contribution in [2.45, 2.75) is 12.5 Å². The van der Waals surface area contributed by atoms with Crippen LogP contribution >= 0.6 is 0 Å². The monoisotopic (exact) mass is 351 g/mol. The topological polar surface area (TPSA) is 99.0 Å². The van der Waals surface area contributed by atoms with Crippen LogP contribution in [0, 0.1) is 0 Å². The largest absolute Gasteiger partial charge is 0.467 e. The summed E-state index contributed by atoms with van der Waals surface area (Å²) in [5.41, 5.74) is 1.78. The van der Waals surface area contributed by atoms with Gasteiger partial charge in [0.15, 0.2) is 0 Å². The Morgan fingerprint density at radius 2 is 1.85 bits per heavy atom. The number of tetrazole rings is 1. The van der Waals surface area contributed by atoms with Crippen molar-refractivity contribution >= 4 is 11.9 Å². The number of nitrogens with one attached hydrogen (secondary N) is 1. The van der Waals surface area contributed by atoms with Crippen molar-refractivity contribution in [2.75, 3.05) is 7.11 Å². The Balaban J connectivity index is 1.83. The number of aromatic nitrogens is 4. The van der Waals surface area contributed by atoms with Gasteiger partial charge in [-0.3, -0.25) is 4.79 Å². The van der Waals surface area contributed by atoms with Gasteiger partial charge in [-0.25, -0.2) is 4.79 Å². The van der Waals surface area contributed by atoms with E-state index in [9.17, 15) is 9.59 Å². The first kappa shape index (κ1) is 17.3. The second kappa shape index (κ2) is 8.02. The lowest BCUT2D eigenvalue weighted by Crippen LogP contribution is -2.43. The summed E-state index contributed by atoms with van der Waals surface area (Å²) in [7, 11) is 1.29. The summed E-state index contributed by atoms with van der Waals surface area (Å²) in [6, 6.07) is 15.5. The lowest BCUT2D eigenvalue weighted by atomic mass is 10.1. The van der Waals surface area contributed by atoms with Gasteiger partial charge in [0.05, 0.1) is 18.4 Å². The highest BCUT2D eigenvalue weighted by Gasteiger charge is 2.24. The van der Waals surface area contributed by atoms with Crippen molar-refractivity contribution in [3.63, 3.8) is 0 Å². The Morgan fingerprint density at radius 1 is 1.12 bits per heavy atom. The zero-order valence-corrected chi connectivity index (χ0v) is 14.1. The van der Waals surface area contributed by atoms with Crippen LogP contribution in [0.3, 0.4) is 0 Å². The Morgan fingerprint density at radius 3 is 2.54 bits per heavy atom. The van der Waals surface area contributed by atoms with E-state index < -0.39 is 17.9 Å². The van der Waals surface area contributed by atoms with Gasteiger partial charge >= 0.3 is 5.97 Å². The molecule has 0 radical (unpaired) electrons. The molecule has 3 rings (SSSR count). The van der Waals surface area contributed by atoms with E-state index in [0.717, 1.165) is 5.56 Å². The highest BCUT2D eigenvalue weighted by molar-refractivity contribution is 5.99.